The maximum atomic E-state index is 12.7. The fourth-order valence-electron chi connectivity index (χ4n) is 3.90. The van der Waals surface area contributed by atoms with Crippen LogP contribution in [-0.2, 0) is 19.9 Å². The van der Waals surface area contributed by atoms with E-state index in [1.54, 1.807) is 0 Å². The Morgan fingerprint density at radius 2 is 1.87 bits per heavy atom. The van der Waals surface area contributed by atoms with E-state index < -0.39 is 11.2 Å². The summed E-state index contributed by atoms with van der Waals surface area (Å²) in [5.74, 6) is -0.144. The number of hydrogen-bond donors (Lipinski definition) is 0. The number of epoxide rings is 1. The van der Waals surface area contributed by atoms with Crippen LogP contribution in [0.4, 0.5) is 0 Å². The first kappa shape index (κ1) is 16.5. The van der Waals surface area contributed by atoms with Crippen LogP contribution in [0.2, 0.25) is 0 Å². The number of benzene rings is 1. The summed E-state index contributed by atoms with van der Waals surface area (Å²) in [5, 5.41) is 0. The minimum absolute atomic E-state index is 0.144. The van der Waals surface area contributed by atoms with Crippen molar-refractivity contribution in [3.05, 3.63) is 35.4 Å². The molecule has 2 aliphatic rings. The quantitative estimate of drug-likeness (QED) is 0.417. The molecule has 2 fully saturated rings. The van der Waals surface area contributed by atoms with Crippen LogP contribution < -0.4 is 0 Å². The average molecular weight is 316 g/mol. The van der Waals surface area contributed by atoms with Gasteiger partial charge in [-0.25, -0.2) is 4.79 Å². The van der Waals surface area contributed by atoms with Crippen molar-refractivity contribution in [2.24, 2.45) is 0 Å². The normalized spacial score (nSPS) is 29.0. The van der Waals surface area contributed by atoms with Gasteiger partial charge in [-0.3, -0.25) is 0 Å². The van der Waals surface area contributed by atoms with E-state index >= 15 is 0 Å². The van der Waals surface area contributed by atoms with Crippen LogP contribution in [0.5, 0.6) is 0 Å². The van der Waals surface area contributed by atoms with Crippen LogP contribution >= 0.6 is 0 Å². The first-order chi connectivity index (χ1) is 11.1. The monoisotopic (exact) mass is 316 g/mol. The second kappa shape index (κ2) is 6.64. The van der Waals surface area contributed by atoms with E-state index in [9.17, 15) is 4.79 Å². The Bertz CT molecular complexity index is 551. The van der Waals surface area contributed by atoms with Gasteiger partial charge in [-0.15, -0.1) is 0 Å². The maximum Gasteiger partial charge on any atom is 0.341 e. The highest BCUT2D eigenvalue weighted by molar-refractivity contribution is 5.85. The first-order valence-corrected chi connectivity index (χ1v) is 9.09. The third-order valence-corrected chi connectivity index (χ3v) is 5.35. The number of carbonyl (C=O) groups is 1. The van der Waals surface area contributed by atoms with Crippen LogP contribution in [0.15, 0.2) is 24.3 Å². The van der Waals surface area contributed by atoms with Gasteiger partial charge in [-0.1, -0.05) is 56.0 Å². The molecule has 0 bridgehead atoms. The van der Waals surface area contributed by atoms with Crippen molar-refractivity contribution in [1.82, 2.24) is 0 Å². The van der Waals surface area contributed by atoms with Gasteiger partial charge in [0.2, 0.25) is 0 Å². The van der Waals surface area contributed by atoms with Gasteiger partial charge in [-0.05, 0) is 44.6 Å². The zero-order valence-electron chi connectivity index (χ0n) is 14.4. The highest BCUT2D eigenvalue weighted by Crippen LogP contribution is 2.64. The van der Waals surface area contributed by atoms with Crippen LogP contribution in [0.25, 0.3) is 0 Å². The van der Waals surface area contributed by atoms with Gasteiger partial charge in [-0.2, -0.15) is 0 Å². The second-order valence-electron chi connectivity index (χ2n) is 7.03. The number of rotatable bonds is 7. The van der Waals surface area contributed by atoms with Gasteiger partial charge < -0.3 is 9.47 Å². The summed E-state index contributed by atoms with van der Waals surface area (Å²) in [5.41, 5.74) is 1.21. The van der Waals surface area contributed by atoms with Gasteiger partial charge in [0.25, 0.3) is 0 Å². The van der Waals surface area contributed by atoms with Gasteiger partial charge in [0, 0.05) is 0 Å². The molecule has 3 rings (SSSR count). The molecule has 0 amide bonds. The van der Waals surface area contributed by atoms with E-state index in [4.69, 9.17) is 9.47 Å². The van der Waals surface area contributed by atoms with Crippen LogP contribution in [-0.4, -0.2) is 18.2 Å². The first-order valence-electron chi connectivity index (χ1n) is 9.09. The zero-order chi connectivity index (χ0) is 16.3. The highest BCUT2D eigenvalue weighted by atomic mass is 16.7. The molecule has 1 aromatic carbocycles. The van der Waals surface area contributed by atoms with E-state index in [2.05, 4.69) is 38.1 Å². The van der Waals surface area contributed by atoms with Gasteiger partial charge in [0.1, 0.15) is 5.60 Å². The molecule has 2 unspecified atom stereocenters. The Balaban J connectivity index is 1.67. The fraction of sp³-hybridized carbons (Fsp3) is 0.650. The lowest BCUT2D eigenvalue weighted by atomic mass is 9.75. The smallest absolute Gasteiger partial charge is 0.341 e. The van der Waals surface area contributed by atoms with Crippen molar-refractivity contribution in [2.75, 3.05) is 6.61 Å². The molecular weight excluding hydrogens is 288 g/mol. The highest BCUT2D eigenvalue weighted by Gasteiger charge is 2.76. The van der Waals surface area contributed by atoms with Crippen molar-refractivity contribution in [3.63, 3.8) is 0 Å². The molecule has 3 heteroatoms. The molecule has 126 valence electrons. The Labute approximate surface area is 139 Å². The van der Waals surface area contributed by atoms with Gasteiger partial charge in [0.15, 0.2) is 5.60 Å². The second-order valence-corrected chi connectivity index (χ2v) is 7.03. The molecular formula is C20H28O3. The van der Waals surface area contributed by atoms with Crippen LogP contribution in [0, 0.1) is 6.92 Å². The molecule has 3 nitrogen and oxygen atoms in total. The van der Waals surface area contributed by atoms with Crippen molar-refractivity contribution in [3.8, 4) is 0 Å². The predicted octanol–water partition coefficient (Wildman–Crippen LogP) is 4.66. The molecule has 0 spiro atoms. The van der Waals surface area contributed by atoms with E-state index in [-0.39, 0.29) is 5.97 Å². The third-order valence-electron chi connectivity index (χ3n) is 5.35. The standard InChI is InChI=1S/C20H28O3/c1-3-4-5-8-15-22-18(21)20-14-7-6-13-19(20,23-20)17-11-9-16(2)10-12-17/h9-12H,3-8,13-15H2,1-2H3. The number of carbonyl (C=O) groups excluding carboxylic acids is 1. The lowest BCUT2D eigenvalue weighted by Gasteiger charge is -2.24. The van der Waals surface area contributed by atoms with Crippen molar-refractivity contribution < 1.29 is 14.3 Å². The number of esters is 1. The Morgan fingerprint density at radius 1 is 1.13 bits per heavy atom. The van der Waals surface area contributed by atoms with Crippen LogP contribution in [0.1, 0.15) is 69.4 Å². The lowest BCUT2D eigenvalue weighted by molar-refractivity contribution is -0.150. The molecule has 1 aliphatic heterocycles. The van der Waals surface area contributed by atoms with Crippen LogP contribution in [0.3, 0.4) is 0 Å². The summed E-state index contributed by atoms with van der Waals surface area (Å²) < 4.78 is 11.7. The summed E-state index contributed by atoms with van der Waals surface area (Å²) in [7, 11) is 0. The molecule has 1 aliphatic carbocycles. The molecule has 2 atom stereocenters. The Hall–Kier alpha value is -1.35. The molecule has 23 heavy (non-hydrogen) atoms. The van der Waals surface area contributed by atoms with E-state index in [1.165, 1.54) is 18.4 Å². The number of aryl methyl sites for hydroxylation is 1. The van der Waals surface area contributed by atoms with E-state index in [0.29, 0.717) is 6.61 Å². The fourth-order valence-corrected chi connectivity index (χ4v) is 3.90. The number of unbranched alkanes of at least 4 members (excludes halogenated alkanes) is 3. The minimum atomic E-state index is -0.717. The van der Waals surface area contributed by atoms with Crippen molar-refractivity contribution in [1.29, 1.82) is 0 Å². The summed E-state index contributed by atoms with van der Waals surface area (Å²) in [6.45, 7) is 4.78. The largest absolute Gasteiger partial charge is 0.463 e. The SMILES string of the molecule is CCCCCCOC(=O)C12CCCCC1(c1ccc(C)cc1)O2. The van der Waals surface area contributed by atoms with Gasteiger partial charge in [0.05, 0.1) is 6.61 Å². The lowest BCUT2D eigenvalue weighted by Crippen LogP contribution is -2.37. The van der Waals surface area contributed by atoms with E-state index in [1.807, 2.05) is 0 Å². The Morgan fingerprint density at radius 3 is 2.61 bits per heavy atom. The van der Waals surface area contributed by atoms with Crippen molar-refractivity contribution in [2.45, 2.75) is 76.4 Å². The number of ether oxygens (including phenoxy) is 2. The van der Waals surface area contributed by atoms with E-state index in [0.717, 1.165) is 44.1 Å². The average Bonchev–Trinajstić information content (AvgIpc) is 3.27. The molecule has 0 radical (unpaired) electrons. The Kier molecular flexibility index (Phi) is 4.77. The molecule has 1 saturated carbocycles. The minimum Gasteiger partial charge on any atom is -0.463 e. The summed E-state index contributed by atoms with van der Waals surface area (Å²) >= 11 is 0. The summed E-state index contributed by atoms with van der Waals surface area (Å²) in [4.78, 5) is 12.7. The molecule has 1 heterocycles. The summed E-state index contributed by atoms with van der Waals surface area (Å²) in [6.07, 6.45) is 8.32. The van der Waals surface area contributed by atoms with Crippen molar-refractivity contribution >= 4 is 5.97 Å². The zero-order valence-corrected chi connectivity index (χ0v) is 14.4. The topological polar surface area (TPSA) is 38.8 Å². The molecule has 1 aromatic rings. The summed E-state index contributed by atoms with van der Waals surface area (Å²) in [6, 6.07) is 8.41. The predicted molar refractivity (Wildman–Crippen MR) is 90.2 cm³/mol. The maximum absolute atomic E-state index is 12.7. The van der Waals surface area contributed by atoms with Gasteiger partial charge >= 0.3 is 5.97 Å². The molecule has 0 N–H and O–H groups in total. The number of fused-ring (bicyclic) bond motifs is 1. The molecule has 1 saturated heterocycles. The number of hydrogen-bond acceptors (Lipinski definition) is 3. The third kappa shape index (κ3) is 2.91. The molecule has 0 aromatic heterocycles.